The number of nitro benzene ring substituents is 2. The highest BCUT2D eigenvalue weighted by Gasteiger charge is 2.16. The van der Waals surface area contributed by atoms with Crippen molar-refractivity contribution in [3.8, 4) is 11.3 Å². The van der Waals surface area contributed by atoms with E-state index in [1.807, 2.05) is 0 Å². The first-order valence-corrected chi connectivity index (χ1v) is 8.81. The van der Waals surface area contributed by atoms with Gasteiger partial charge in [-0.15, -0.1) is 0 Å². The van der Waals surface area contributed by atoms with Gasteiger partial charge in [-0.1, -0.05) is 29.8 Å². The first-order valence-electron chi connectivity index (χ1n) is 8.43. The normalized spacial score (nSPS) is 10.8. The standard InChI is InChI=1S/C19H13ClN4O6/c20-15-7-5-13(9-17(15)24(28)29)18-8-6-14(30-18)11-21-22-19(25)10-12-3-1-2-4-16(12)23(26)27/h1-9,11H,10H2,(H,22,25). The Labute approximate surface area is 174 Å². The van der Waals surface area contributed by atoms with Gasteiger partial charge in [-0.2, -0.15) is 5.10 Å². The summed E-state index contributed by atoms with van der Waals surface area (Å²) in [6.07, 6.45) is 1.03. The first kappa shape index (κ1) is 20.7. The third-order valence-electron chi connectivity index (χ3n) is 3.97. The second kappa shape index (κ2) is 8.97. The summed E-state index contributed by atoms with van der Waals surface area (Å²) in [6, 6.07) is 13.3. The van der Waals surface area contributed by atoms with E-state index >= 15 is 0 Å². The summed E-state index contributed by atoms with van der Waals surface area (Å²) < 4.78 is 5.54. The minimum Gasteiger partial charge on any atom is -0.455 e. The van der Waals surface area contributed by atoms with Crippen LogP contribution in [0, 0.1) is 20.2 Å². The van der Waals surface area contributed by atoms with Gasteiger partial charge in [-0.25, -0.2) is 5.43 Å². The Kier molecular flexibility index (Phi) is 6.18. The molecule has 0 radical (unpaired) electrons. The summed E-state index contributed by atoms with van der Waals surface area (Å²) in [6.45, 7) is 0. The molecule has 0 saturated heterocycles. The highest BCUT2D eigenvalue weighted by atomic mass is 35.5. The van der Waals surface area contributed by atoms with Gasteiger partial charge in [0.25, 0.3) is 11.4 Å². The Balaban J connectivity index is 1.65. The summed E-state index contributed by atoms with van der Waals surface area (Å²) in [5.41, 5.74) is 2.59. The van der Waals surface area contributed by atoms with Crippen molar-refractivity contribution >= 4 is 35.1 Å². The van der Waals surface area contributed by atoms with E-state index in [9.17, 15) is 25.0 Å². The van der Waals surface area contributed by atoms with Gasteiger partial charge in [0, 0.05) is 23.3 Å². The Hall–Kier alpha value is -4.05. The van der Waals surface area contributed by atoms with Crippen molar-refractivity contribution in [3.63, 3.8) is 0 Å². The van der Waals surface area contributed by atoms with Crippen molar-refractivity contribution in [3.05, 3.63) is 91.2 Å². The molecule has 3 rings (SSSR count). The maximum absolute atomic E-state index is 12.0. The number of hydrogen-bond donors (Lipinski definition) is 1. The van der Waals surface area contributed by atoms with Gasteiger partial charge in [-0.3, -0.25) is 25.0 Å². The molecule has 0 aliphatic heterocycles. The van der Waals surface area contributed by atoms with Crippen LogP contribution in [0.1, 0.15) is 11.3 Å². The lowest BCUT2D eigenvalue weighted by molar-refractivity contribution is -0.385. The molecule has 0 aliphatic rings. The molecule has 0 atom stereocenters. The van der Waals surface area contributed by atoms with Gasteiger partial charge in [-0.05, 0) is 24.3 Å². The van der Waals surface area contributed by atoms with Crippen LogP contribution in [0.3, 0.4) is 0 Å². The summed E-state index contributed by atoms with van der Waals surface area (Å²) in [5, 5.41) is 25.8. The first-order chi connectivity index (χ1) is 14.3. The Morgan fingerprint density at radius 3 is 2.53 bits per heavy atom. The molecule has 1 N–H and O–H groups in total. The number of carbonyl (C=O) groups excluding carboxylic acids is 1. The molecule has 11 heteroatoms. The molecular weight excluding hydrogens is 416 g/mol. The fourth-order valence-corrected chi connectivity index (χ4v) is 2.79. The monoisotopic (exact) mass is 428 g/mol. The van der Waals surface area contributed by atoms with Crippen LogP contribution in [0.2, 0.25) is 5.02 Å². The molecule has 0 spiro atoms. The van der Waals surface area contributed by atoms with E-state index in [1.165, 1.54) is 36.5 Å². The molecule has 0 saturated carbocycles. The number of hydrazone groups is 1. The molecule has 30 heavy (non-hydrogen) atoms. The lowest BCUT2D eigenvalue weighted by atomic mass is 10.1. The third-order valence-corrected chi connectivity index (χ3v) is 4.29. The fourth-order valence-electron chi connectivity index (χ4n) is 2.60. The molecule has 0 bridgehead atoms. The van der Waals surface area contributed by atoms with Crippen LogP contribution in [-0.2, 0) is 11.2 Å². The topological polar surface area (TPSA) is 141 Å². The van der Waals surface area contributed by atoms with Crippen molar-refractivity contribution < 1.29 is 19.1 Å². The number of furan rings is 1. The Morgan fingerprint density at radius 1 is 1.07 bits per heavy atom. The van der Waals surface area contributed by atoms with Crippen LogP contribution in [0.25, 0.3) is 11.3 Å². The molecule has 1 aromatic heterocycles. The van der Waals surface area contributed by atoms with Crippen molar-refractivity contribution in [1.29, 1.82) is 0 Å². The van der Waals surface area contributed by atoms with Crippen molar-refractivity contribution in [1.82, 2.24) is 5.43 Å². The highest BCUT2D eigenvalue weighted by Crippen LogP contribution is 2.31. The Bertz CT molecular complexity index is 1160. The van der Waals surface area contributed by atoms with Gasteiger partial charge in [0.05, 0.1) is 22.5 Å². The number of carbonyl (C=O) groups is 1. The van der Waals surface area contributed by atoms with Crippen LogP contribution in [0.4, 0.5) is 11.4 Å². The van der Waals surface area contributed by atoms with E-state index in [4.69, 9.17) is 16.0 Å². The summed E-state index contributed by atoms with van der Waals surface area (Å²) in [4.78, 5) is 32.8. The highest BCUT2D eigenvalue weighted by molar-refractivity contribution is 6.32. The summed E-state index contributed by atoms with van der Waals surface area (Å²) in [7, 11) is 0. The maximum Gasteiger partial charge on any atom is 0.288 e. The molecule has 1 amide bonds. The average Bonchev–Trinajstić information content (AvgIpc) is 3.17. The van der Waals surface area contributed by atoms with Gasteiger partial charge >= 0.3 is 0 Å². The molecule has 152 valence electrons. The van der Waals surface area contributed by atoms with Gasteiger partial charge in [0.2, 0.25) is 5.91 Å². The van der Waals surface area contributed by atoms with E-state index < -0.39 is 15.8 Å². The predicted molar refractivity (Wildman–Crippen MR) is 108 cm³/mol. The molecule has 10 nitrogen and oxygen atoms in total. The van der Waals surface area contributed by atoms with Gasteiger partial charge in [0.1, 0.15) is 16.5 Å². The SMILES string of the molecule is O=C(Cc1ccccc1[N+](=O)[O-])NN=Cc1ccc(-c2ccc(Cl)c([N+](=O)[O-])c2)o1. The van der Waals surface area contributed by atoms with Crippen LogP contribution < -0.4 is 5.43 Å². The number of nitro groups is 2. The van der Waals surface area contributed by atoms with Gasteiger partial charge in [0.15, 0.2) is 0 Å². The lowest BCUT2D eigenvalue weighted by Crippen LogP contribution is -2.20. The number of nitrogens with zero attached hydrogens (tertiary/aromatic N) is 3. The summed E-state index contributed by atoms with van der Waals surface area (Å²) in [5.74, 6) is 0.0942. The lowest BCUT2D eigenvalue weighted by Gasteiger charge is -2.01. The van der Waals surface area contributed by atoms with E-state index in [2.05, 4.69) is 10.5 Å². The van der Waals surface area contributed by atoms with Crippen LogP contribution in [0.5, 0.6) is 0 Å². The van der Waals surface area contributed by atoms with Crippen molar-refractivity contribution in [2.75, 3.05) is 0 Å². The molecular formula is C19H13ClN4O6. The van der Waals surface area contributed by atoms with Crippen LogP contribution >= 0.6 is 11.6 Å². The number of nitrogens with one attached hydrogen (secondary N) is 1. The van der Waals surface area contributed by atoms with E-state index in [0.717, 1.165) is 0 Å². The zero-order chi connectivity index (χ0) is 21.7. The number of rotatable bonds is 7. The van der Waals surface area contributed by atoms with E-state index in [-0.39, 0.29) is 34.1 Å². The summed E-state index contributed by atoms with van der Waals surface area (Å²) >= 11 is 5.80. The smallest absolute Gasteiger partial charge is 0.288 e. The Morgan fingerprint density at radius 2 is 1.80 bits per heavy atom. The minimum atomic E-state index is -0.594. The zero-order valence-corrected chi connectivity index (χ0v) is 15.9. The largest absolute Gasteiger partial charge is 0.455 e. The average molecular weight is 429 g/mol. The number of hydrogen-bond acceptors (Lipinski definition) is 7. The number of para-hydroxylation sites is 1. The molecule has 0 aliphatic carbocycles. The molecule has 1 heterocycles. The predicted octanol–water partition coefficient (Wildman–Crippen LogP) is 4.11. The van der Waals surface area contributed by atoms with E-state index in [1.54, 1.807) is 24.3 Å². The van der Waals surface area contributed by atoms with Crippen molar-refractivity contribution in [2.24, 2.45) is 5.10 Å². The third kappa shape index (κ3) is 4.86. The second-order valence-corrected chi connectivity index (χ2v) is 6.39. The molecule has 0 fully saturated rings. The molecule has 0 unspecified atom stereocenters. The number of amides is 1. The quantitative estimate of drug-likeness (QED) is 0.341. The van der Waals surface area contributed by atoms with Gasteiger partial charge < -0.3 is 4.42 Å². The van der Waals surface area contributed by atoms with E-state index in [0.29, 0.717) is 11.3 Å². The maximum atomic E-state index is 12.0. The van der Waals surface area contributed by atoms with Crippen LogP contribution in [0.15, 0.2) is 64.1 Å². The molecule has 3 aromatic rings. The number of halogens is 1. The fraction of sp³-hybridized carbons (Fsp3) is 0.0526. The zero-order valence-electron chi connectivity index (χ0n) is 15.1. The second-order valence-electron chi connectivity index (χ2n) is 5.98. The van der Waals surface area contributed by atoms with Crippen LogP contribution in [-0.4, -0.2) is 22.0 Å². The minimum absolute atomic E-state index is 0.0125. The van der Waals surface area contributed by atoms with Crippen molar-refractivity contribution in [2.45, 2.75) is 6.42 Å². The molecule has 2 aromatic carbocycles. The number of benzene rings is 2.